The predicted octanol–water partition coefficient (Wildman–Crippen LogP) is 11.2. The van der Waals surface area contributed by atoms with Crippen LogP contribution in [0.1, 0.15) is 22.0 Å². The van der Waals surface area contributed by atoms with E-state index in [0.29, 0.717) is 0 Å². The van der Waals surface area contributed by atoms with Crippen LogP contribution in [-0.4, -0.2) is 10.8 Å². The van der Waals surface area contributed by atoms with Crippen LogP contribution in [0, 0.1) is 0 Å². The molecule has 206 valence electrons. The van der Waals surface area contributed by atoms with E-state index in [9.17, 15) is 0 Å². The lowest BCUT2D eigenvalue weighted by molar-refractivity contribution is 0.724. The molecule has 7 aromatic carbocycles. The highest BCUT2D eigenvalue weighted by Gasteiger charge is 2.23. The molecule has 0 saturated carbocycles. The fourth-order valence-corrected chi connectivity index (χ4v) is 8.65. The number of hydrogen-bond acceptors (Lipinski definition) is 2. The number of aliphatic imine (C=N–C) groups is 1. The zero-order chi connectivity index (χ0) is 28.8. The molecule has 0 aliphatic carbocycles. The third-order valence-corrected chi connectivity index (χ3v) is 10.7. The Bertz CT molecular complexity index is 2560. The van der Waals surface area contributed by atoms with Crippen molar-refractivity contribution >= 4 is 81.8 Å². The molecular formula is C41H26N2S. The number of rotatable bonds is 2. The highest BCUT2D eigenvalue weighted by molar-refractivity contribution is 7.20. The van der Waals surface area contributed by atoms with Gasteiger partial charge in [0.1, 0.15) is 0 Å². The van der Waals surface area contributed by atoms with Crippen LogP contribution in [0.5, 0.6) is 0 Å². The Balaban J connectivity index is 1.12. The van der Waals surface area contributed by atoms with Gasteiger partial charge in [-0.25, -0.2) is 0 Å². The summed E-state index contributed by atoms with van der Waals surface area (Å²) in [7, 11) is 0. The zero-order valence-corrected chi connectivity index (χ0v) is 24.7. The molecule has 3 heteroatoms. The quantitative estimate of drug-likeness (QED) is 0.182. The van der Waals surface area contributed by atoms with Crippen molar-refractivity contribution in [1.82, 2.24) is 4.57 Å². The molecule has 1 aliphatic rings. The van der Waals surface area contributed by atoms with Crippen LogP contribution >= 0.6 is 11.3 Å². The fraction of sp³-hybridized carbons (Fsp3) is 0.0488. The van der Waals surface area contributed by atoms with Gasteiger partial charge in [-0.1, -0.05) is 97.1 Å². The van der Waals surface area contributed by atoms with Crippen molar-refractivity contribution in [1.29, 1.82) is 0 Å². The summed E-state index contributed by atoms with van der Waals surface area (Å²) in [5.74, 6) is 0. The first-order valence-electron chi connectivity index (χ1n) is 15.2. The van der Waals surface area contributed by atoms with E-state index in [1.807, 2.05) is 11.3 Å². The largest absolute Gasteiger partial charge is 0.309 e. The summed E-state index contributed by atoms with van der Waals surface area (Å²) in [6.45, 7) is 0. The normalized spacial score (nSPS) is 14.9. The molecule has 44 heavy (non-hydrogen) atoms. The summed E-state index contributed by atoms with van der Waals surface area (Å²) in [5, 5.41) is 11.8. The molecule has 0 radical (unpaired) electrons. The first-order chi connectivity index (χ1) is 21.8. The molecule has 0 N–H and O–H groups in total. The lowest BCUT2D eigenvalue weighted by atomic mass is 9.90. The van der Waals surface area contributed by atoms with Crippen LogP contribution < -0.4 is 0 Å². The van der Waals surface area contributed by atoms with Crippen LogP contribution in [0.25, 0.3) is 69.9 Å². The Kier molecular flexibility index (Phi) is 5.02. The third kappa shape index (κ3) is 3.39. The molecule has 2 aromatic heterocycles. The first-order valence-corrected chi connectivity index (χ1v) is 16.0. The second-order valence-corrected chi connectivity index (χ2v) is 13.0. The number of para-hydroxylation sites is 2. The monoisotopic (exact) mass is 578 g/mol. The van der Waals surface area contributed by atoms with Crippen LogP contribution in [0.4, 0.5) is 0 Å². The number of hydrogen-bond donors (Lipinski definition) is 0. The van der Waals surface area contributed by atoms with Crippen molar-refractivity contribution in [3.05, 3.63) is 149 Å². The molecule has 2 nitrogen and oxygen atoms in total. The summed E-state index contributed by atoms with van der Waals surface area (Å²) in [4.78, 5) is 6.40. The smallest absolute Gasteiger partial charge is 0.0790 e. The molecule has 1 aliphatic heterocycles. The van der Waals surface area contributed by atoms with Gasteiger partial charge in [-0.05, 0) is 85.2 Å². The topological polar surface area (TPSA) is 17.3 Å². The SMILES string of the molecule is C1=NC(c2ccc3c4ccccc4c4ccccc4c3c2)Cc2c1sc1ccc(-n3c4ccccc4c4ccccc43)cc21. The minimum atomic E-state index is 0.0897. The summed E-state index contributed by atoms with van der Waals surface area (Å²) < 4.78 is 3.74. The van der Waals surface area contributed by atoms with Crippen LogP contribution in [0.15, 0.2) is 138 Å². The maximum atomic E-state index is 5.12. The maximum Gasteiger partial charge on any atom is 0.0790 e. The Morgan fingerprint density at radius 1 is 0.523 bits per heavy atom. The molecule has 0 amide bonds. The van der Waals surface area contributed by atoms with Crippen molar-refractivity contribution in [2.75, 3.05) is 0 Å². The maximum absolute atomic E-state index is 5.12. The van der Waals surface area contributed by atoms with Gasteiger partial charge in [0.25, 0.3) is 0 Å². The van der Waals surface area contributed by atoms with E-state index >= 15 is 0 Å². The van der Waals surface area contributed by atoms with E-state index < -0.39 is 0 Å². The molecule has 9 aromatic rings. The summed E-state index contributed by atoms with van der Waals surface area (Å²) in [6.07, 6.45) is 3.02. The van der Waals surface area contributed by atoms with Gasteiger partial charge in [0, 0.05) is 38.7 Å². The Morgan fingerprint density at radius 3 is 1.75 bits per heavy atom. The number of benzene rings is 7. The van der Waals surface area contributed by atoms with Crippen molar-refractivity contribution in [2.24, 2.45) is 4.99 Å². The first kappa shape index (κ1) is 24.2. The summed E-state index contributed by atoms with van der Waals surface area (Å²) in [6, 6.07) is 49.1. The van der Waals surface area contributed by atoms with Crippen molar-refractivity contribution in [3.8, 4) is 5.69 Å². The van der Waals surface area contributed by atoms with E-state index in [2.05, 4.69) is 144 Å². The Hall–Kier alpha value is -5.25. The van der Waals surface area contributed by atoms with Gasteiger partial charge >= 0.3 is 0 Å². The molecular weight excluding hydrogens is 553 g/mol. The molecule has 0 spiro atoms. The van der Waals surface area contributed by atoms with Gasteiger partial charge in [-0.3, -0.25) is 4.99 Å². The van der Waals surface area contributed by atoms with E-state index in [1.165, 1.54) is 85.9 Å². The Morgan fingerprint density at radius 2 is 1.09 bits per heavy atom. The minimum Gasteiger partial charge on any atom is -0.309 e. The molecule has 0 fully saturated rings. The van der Waals surface area contributed by atoms with Crippen molar-refractivity contribution < 1.29 is 0 Å². The zero-order valence-electron chi connectivity index (χ0n) is 23.9. The second-order valence-electron chi connectivity index (χ2n) is 11.9. The highest BCUT2D eigenvalue weighted by Crippen LogP contribution is 2.42. The fourth-order valence-electron chi connectivity index (χ4n) is 7.55. The number of thiophene rings is 1. The van der Waals surface area contributed by atoms with Gasteiger partial charge in [0.15, 0.2) is 0 Å². The summed E-state index contributed by atoms with van der Waals surface area (Å²) in [5.41, 5.74) is 6.38. The Labute approximate surface area is 258 Å². The van der Waals surface area contributed by atoms with Crippen LogP contribution in [-0.2, 0) is 6.42 Å². The average Bonchev–Trinajstić information content (AvgIpc) is 3.63. The van der Waals surface area contributed by atoms with E-state index in [0.717, 1.165) is 6.42 Å². The average molecular weight is 579 g/mol. The van der Waals surface area contributed by atoms with Crippen LogP contribution in [0.2, 0.25) is 0 Å². The number of aromatic nitrogens is 1. The summed E-state index contributed by atoms with van der Waals surface area (Å²) >= 11 is 1.86. The van der Waals surface area contributed by atoms with E-state index in [4.69, 9.17) is 4.99 Å². The van der Waals surface area contributed by atoms with Crippen molar-refractivity contribution in [3.63, 3.8) is 0 Å². The highest BCUT2D eigenvalue weighted by atomic mass is 32.1. The van der Waals surface area contributed by atoms with Gasteiger partial charge in [-0.2, -0.15) is 0 Å². The van der Waals surface area contributed by atoms with Gasteiger partial charge in [0.2, 0.25) is 0 Å². The van der Waals surface area contributed by atoms with Gasteiger partial charge in [-0.15, -0.1) is 11.3 Å². The predicted molar refractivity (Wildman–Crippen MR) is 189 cm³/mol. The lowest BCUT2D eigenvalue weighted by Gasteiger charge is -2.19. The van der Waals surface area contributed by atoms with E-state index in [1.54, 1.807) is 0 Å². The molecule has 10 rings (SSSR count). The molecule has 3 heterocycles. The van der Waals surface area contributed by atoms with Crippen LogP contribution in [0.3, 0.4) is 0 Å². The lowest BCUT2D eigenvalue weighted by Crippen LogP contribution is -2.07. The third-order valence-electron chi connectivity index (χ3n) is 9.57. The molecule has 1 atom stereocenters. The number of fused-ring (bicyclic) bond motifs is 12. The van der Waals surface area contributed by atoms with Gasteiger partial charge < -0.3 is 4.57 Å². The van der Waals surface area contributed by atoms with Gasteiger partial charge in [0.05, 0.1) is 17.1 Å². The molecule has 0 bridgehead atoms. The molecule has 0 saturated heterocycles. The van der Waals surface area contributed by atoms with Crippen molar-refractivity contribution in [2.45, 2.75) is 12.5 Å². The minimum absolute atomic E-state index is 0.0897. The van der Waals surface area contributed by atoms with E-state index in [-0.39, 0.29) is 6.04 Å². The number of nitrogens with zero attached hydrogens (tertiary/aromatic N) is 2. The second kappa shape index (κ2) is 9.12. The standard InChI is InChI=1S/C41H26N2S/c1-2-11-29-27(9-1)28-10-3-4-12-30(28)34-21-25(17-19-31(29)34)37-23-36-35-22-26(18-20-40(35)44-41(36)24-42-37)43-38-15-7-5-13-32(38)33-14-6-8-16-39(33)43/h1-22,24,37H,23H2. The molecule has 1 unspecified atom stereocenters.